The van der Waals surface area contributed by atoms with E-state index in [2.05, 4.69) is 15.3 Å². The third-order valence-electron chi connectivity index (χ3n) is 2.56. The van der Waals surface area contributed by atoms with Crippen molar-refractivity contribution in [3.63, 3.8) is 0 Å². The lowest BCUT2D eigenvalue weighted by atomic mass is 10.1. The summed E-state index contributed by atoms with van der Waals surface area (Å²) in [5.74, 6) is 1.96. The molecule has 0 unspecified atom stereocenters. The Morgan fingerprint density at radius 1 is 1.06 bits per heavy atom. The van der Waals surface area contributed by atoms with Gasteiger partial charge in [-0.25, -0.2) is 9.97 Å². The van der Waals surface area contributed by atoms with E-state index in [9.17, 15) is 0 Å². The second kappa shape index (κ2) is 5.35. The Morgan fingerprint density at radius 2 is 1.83 bits per heavy atom. The van der Waals surface area contributed by atoms with Crippen LogP contribution < -0.4 is 14.8 Å². The number of ether oxygens (including phenoxy) is 2. The van der Waals surface area contributed by atoms with Crippen molar-refractivity contribution in [3.05, 3.63) is 30.5 Å². The van der Waals surface area contributed by atoms with Gasteiger partial charge >= 0.3 is 0 Å². The van der Waals surface area contributed by atoms with Gasteiger partial charge in [-0.2, -0.15) is 0 Å². The molecular weight excluding hydrogens is 230 g/mol. The lowest BCUT2D eigenvalue weighted by Crippen LogP contribution is -1.97. The van der Waals surface area contributed by atoms with Crippen LogP contribution in [0.2, 0.25) is 0 Å². The van der Waals surface area contributed by atoms with Crippen LogP contribution in [0.1, 0.15) is 0 Å². The summed E-state index contributed by atoms with van der Waals surface area (Å²) in [5.41, 5.74) is 1.78. The molecule has 0 fully saturated rings. The van der Waals surface area contributed by atoms with Gasteiger partial charge in [0.05, 0.1) is 19.9 Å². The molecule has 94 valence electrons. The minimum Gasteiger partial charge on any atom is -0.493 e. The Bertz CT molecular complexity index is 544. The van der Waals surface area contributed by atoms with Gasteiger partial charge in [0.25, 0.3) is 0 Å². The molecule has 1 heterocycles. The lowest BCUT2D eigenvalue weighted by molar-refractivity contribution is 0.355. The largest absolute Gasteiger partial charge is 0.493 e. The molecule has 0 aliphatic carbocycles. The standard InChI is InChI=1S/C13H15N3O2/c1-14-13-15-7-6-10(16-13)9-4-5-11(17-2)12(8-9)18-3/h4-8H,1-3H3,(H,14,15,16). The summed E-state index contributed by atoms with van der Waals surface area (Å²) >= 11 is 0. The number of rotatable bonds is 4. The van der Waals surface area contributed by atoms with Crippen LogP contribution in [0, 0.1) is 0 Å². The summed E-state index contributed by atoms with van der Waals surface area (Å²) in [4.78, 5) is 8.46. The van der Waals surface area contributed by atoms with Gasteiger partial charge in [-0.1, -0.05) is 0 Å². The molecule has 1 aromatic carbocycles. The average molecular weight is 245 g/mol. The Labute approximate surface area is 106 Å². The second-order valence-electron chi connectivity index (χ2n) is 3.59. The number of aromatic nitrogens is 2. The van der Waals surface area contributed by atoms with Crippen molar-refractivity contribution < 1.29 is 9.47 Å². The first-order chi connectivity index (χ1) is 8.78. The highest BCUT2D eigenvalue weighted by atomic mass is 16.5. The fourth-order valence-electron chi connectivity index (χ4n) is 1.64. The number of methoxy groups -OCH3 is 2. The van der Waals surface area contributed by atoms with Crippen molar-refractivity contribution in [1.29, 1.82) is 0 Å². The van der Waals surface area contributed by atoms with E-state index in [0.717, 1.165) is 11.3 Å². The number of nitrogens with zero attached hydrogens (tertiary/aromatic N) is 2. The van der Waals surface area contributed by atoms with Gasteiger partial charge in [-0.15, -0.1) is 0 Å². The number of benzene rings is 1. The van der Waals surface area contributed by atoms with Crippen LogP contribution >= 0.6 is 0 Å². The van der Waals surface area contributed by atoms with Crippen molar-refractivity contribution in [2.24, 2.45) is 0 Å². The molecule has 2 aromatic rings. The van der Waals surface area contributed by atoms with Crippen LogP contribution in [0.4, 0.5) is 5.95 Å². The van der Waals surface area contributed by atoms with Crippen LogP contribution in [-0.4, -0.2) is 31.2 Å². The maximum absolute atomic E-state index is 5.27. The van der Waals surface area contributed by atoms with Crippen LogP contribution in [0.3, 0.4) is 0 Å². The van der Waals surface area contributed by atoms with Gasteiger partial charge in [-0.3, -0.25) is 0 Å². The summed E-state index contributed by atoms with van der Waals surface area (Å²) in [6.07, 6.45) is 1.71. The molecule has 0 saturated carbocycles. The Hall–Kier alpha value is -2.30. The number of hydrogen-bond donors (Lipinski definition) is 1. The topological polar surface area (TPSA) is 56.3 Å². The monoisotopic (exact) mass is 245 g/mol. The zero-order valence-electron chi connectivity index (χ0n) is 10.6. The van der Waals surface area contributed by atoms with E-state index in [1.165, 1.54) is 0 Å². The van der Waals surface area contributed by atoms with Crippen molar-refractivity contribution in [2.45, 2.75) is 0 Å². The molecular formula is C13H15N3O2. The quantitative estimate of drug-likeness (QED) is 0.895. The zero-order chi connectivity index (χ0) is 13.0. The lowest BCUT2D eigenvalue weighted by Gasteiger charge is -2.09. The van der Waals surface area contributed by atoms with Crippen molar-refractivity contribution in [2.75, 3.05) is 26.6 Å². The highest BCUT2D eigenvalue weighted by molar-refractivity contribution is 5.64. The second-order valence-corrected chi connectivity index (χ2v) is 3.59. The first-order valence-corrected chi connectivity index (χ1v) is 5.51. The van der Waals surface area contributed by atoms with Crippen molar-refractivity contribution in [1.82, 2.24) is 9.97 Å². The fraction of sp³-hybridized carbons (Fsp3) is 0.231. The first-order valence-electron chi connectivity index (χ1n) is 5.51. The van der Waals surface area contributed by atoms with Gasteiger partial charge in [-0.05, 0) is 24.3 Å². The molecule has 5 heteroatoms. The molecule has 1 aromatic heterocycles. The number of hydrogen-bond acceptors (Lipinski definition) is 5. The smallest absolute Gasteiger partial charge is 0.222 e. The SMILES string of the molecule is CNc1nccc(-c2ccc(OC)c(OC)c2)n1. The number of anilines is 1. The molecule has 2 rings (SSSR count). The highest BCUT2D eigenvalue weighted by Crippen LogP contribution is 2.31. The molecule has 18 heavy (non-hydrogen) atoms. The van der Waals surface area contributed by atoms with E-state index in [4.69, 9.17) is 9.47 Å². The van der Waals surface area contributed by atoms with Gasteiger partial charge < -0.3 is 14.8 Å². The number of nitrogens with one attached hydrogen (secondary N) is 1. The highest BCUT2D eigenvalue weighted by Gasteiger charge is 2.07. The fourth-order valence-corrected chi connectivity index (χ4v) is 1.64. The van der Waals surface area contributed by atoms with Crippen LogP contribution in [0.25, 0.3) is 11.3 Å². The van der Waals surface area contributed by atoms with E-state index in [1.54, 1.807) is 27.5 Å². The van der Waals surface area contributed by atoms with Crippen molar-refractivity contribution in [3.8, 4) is 22.8 Å². The van der Waals surface area contributed by atoms with E-state index >= 15 is 0 Å². The van der Waals surface area contributed by atoms with E-state index in [0.29, 0.717) is 17.4 Å². The molecule has 0 amide bonds. The third-order valence-corrected chi connectivity index (χ3v) is 2.56. The summed E-state index contributed by atoms with van der Waals surface area (Å²) in [6, 6.07) is 7.53. The third kappa shape index (κ3) is 2.34. The van der Waals surface area contributed by atoms with Crippen LogP contribution in [-0.2, 0) is 0 Å². The van der Waals surface area contributed by atoms with Gasteiger partial charge in [0.1, 0.15) is 0 Å². The normalized spacial score (nSPS) is 9.94. The first kappa shape index (κ1) is 12.2. The molecule has 0 aliphatic heterocycles. The van der Waals surface area contributed by atoms with Gasteiger partial charge in [0.2, 0.25) is 5.95 Å². The minimum atomic E-state index is 0.585. The van der Waals surface area contributed by atoms with Crippen LogP contribution in [0.15, 0.2) is 30.5 Å². The van der Waals surface area contributed by atoms with Crippen molar-refractivity contribution >= 4 is 5.95 Å². The zero-order valence-corrected chi connectivity index (χ0v) is 10.6. The molecule has 0 radical (unpaired) electrons. The van der Waals surface area contributed by atoms with Crippen LogP contribution in [0.5, 0.6) is 11.5 Å². The average Bonchev–Trinajstić information content (AvgIpc) is 2.46. The Morgan fingerprint density at radius 3 is 2.50 bits per heavy atom. The molecule has 0 bridgehead atoms. The van der Waals surface area contributed by atoms with E-state index < -0.39 is 0 Å². The molecule has 0 spiro atoms. The van der Waals surface area contributed by atoms with E-state index in [1.807, 2.05) is 24.3 Å². The predicted molar refractivity (Wildman–Crippen MR) is 70.1 cm³/mol. The summed E-state index contributed by atoms with van der Waals surface area (Å²) < 4.78 is 10.5. The summed E-state index contributed by atoms with van der Waals surface area (Å²) in [6.45, 7) is 0. The molecule has 5 nitrogen and oxygen atoms in total. The minimum absolute atomic E-state index is 0.585. The maximum Gasteiger partial charge on any atom is 0.222 e. The van der Waals surface area contributed by atoms with Gasteiger partial charge in [0, 0.05) is 18.8 Å². The van der Waals surface area contributed by atoms with E-state index in [-0.39, 0.29) is 0 Å². The maximum atomic E-state index is 5.27. The Balaban J connectivity index is 2.43. The summed E-state index contributed by atoms with van der Waals surface area (Å²) in [7, 11) is 5.01. The molecule has 0 aliphatic rings. The van der Waals surface area contributed by atoms with Gasteiger partial charge in [0.15, 0.2) is 11.5 Å². The Kier molecular flexibility index (Phi) is 3.62. The molecule has 1 N–H and O–H groups in total. The summed E-state index contributed by atoms with van der Waals surface area (Å²) in [5, 5.41) is 2.91. The molecule has 0 saturated heterocycles. The molecule has 0 atom stereocenters. The predicted octanol–water partition coefficient (Wildman–Crippen LogP) is 2.20.